The maximum absolute atomic E-state index is 13.2. The number of benzene rings is 1. The minimum absolute atomic E-state index is 0.0272. The lowest BCUT2D eigenvalue weighted by molar-refractivity contribution is -0.116. The molecule has 1 aromatic carbocycles. The molecule has 0 fully saturated rings. The van der Waals surface area contributed by atoms with Crippen LogP contribution in [-0.2, 0) is 9.59 Å². The van der Waals surface area contributed by atoms with E-state index in [1.165, 1.54) is 23.1 Å². The maximum atomic E-state index is 13.2. The van der Waals surface area contributed by atoms with Crippen molar-refractivity contribution in [3.63, 3.8) is 0 Å². The summed E-state index contributed by atoms with van der Waals surface area (Å²) in [4.78, 5) is 29.3. The van der Waals surface area contributed by atoms with Crippen molar-refractivity contribution in [1.82, 2.24) is 10.2 Å². The average Bonchev–Trinajstić information content (AvgIpc) is 3.51. The molecular formula is C25H21ClN6O2S3. The van der Waals surface area contributed by atoms with Crippen LogP contribution in [0.4, 0.5) is 10.8 Å². The Hall–Kier alpha value is -3.17. The molecule has 188 valence electrons. The number of halogens is 1. The van der Waals surface area contributed by atoms with Gasteiger partial charge in [0.1, 0.15) is 5.82 Å². The van der Waals surface area contributed by atoms with Gasteiger partial charge in [0.15, 0.2) is 10.1 Å². The SMILES string of the molecule is Cc1ccc(C2C(C#N)=C(N)N(c3nnc(SCC(=O)Nc4cccc(Cl)c4)s3)C3=C2C(=O)CCC3)s1. The van der Waals surface area contributed by atoms with Gasteiger partial charge in [-0.15, -0.1) is 21.5 Å². The van der Waals surface area contributed by atoms with Crippen LogP contribution in [-0.4, -0.2) is 27.6 Å². The number of amides is 1. The number of allylic oxidation sites excluding steroid dienone is 3. The third kappa shape index (κ3) is 5.15. The topological polar surface area (TPSA) is 125 Å². The molecule has 0 spiro atoms. The lowest BCUT2D eigenvalue weighted by Gasteiger charge is -2.37. The molecule has 37 heavy (non-hydrogen) atoms. The number of hydrogen-bond donors (Lipinski definition) is 2. The Bertz CT molecular complexity index is 1500. The lowest BCUT2D eigenvalue weighted by Crippen LogP contribution is -2.38. The highest BCUT2D eigenvalue weighted by molar-refractivity contribution is 8.01. The van der Waals surface area contributed by atoms with Crippen molar-refractivity contribution in [2.24, 2.45) is 5.73 Å². The van der Waals surface area contributed by atoms with Gasteiger partial charge >= 0.3 is 0 Å². The summed E-state index contributed by atoms with van der Waals surface area (Å²) in [5, 5.41) is 22.4. The van der Waals surface area contributed by atoms with Gasteiger partial charge in [-0.3, -0.25) is 14.5 Å². The van der Waals surface area contributed by atoms with Gasteiger partial charge in [0, 0.05) is 38.2 Å². The number of rotatable bonds is 6. The van der Waals surface area contributed by atoms with Gasteiger partial charge in [0.25, 0.3) is 0 Å². The lowest BCUT2D eigenvalue weighted by atomic mass is 9.78. The molecule has 1 amide bonds. The number of nitrogens with one attached hydrogen (secondary N) is 1. The highest BCUT2D eigenvalue weighted by Crippen LogP contribution is 2.48. The predicted molar refractivity (Wildman–Crippen MR) is 148 cm³/mol. The largest absolute Gasteiger partial charge is 0.384 e. The quantitative estimate of drug-likeness (QED) is 0.368. The summed E-state index contributed by atoms with van der Waals surface area (Å²) in [6.45, 7) is 2.00. The van der Waals surface area contributed by atoms with E-state index in [0.29, 0.717) is 50.6 Å². The highest BCUT2D eigenvalue weighted by Gasteiger charge is 2.41. The zero-order valence-corrected chi connectivity index (χ0v) is 22.9. The normalized spacial score (nSPS) is 17.6. The minimum atomic E-state index is -0.472. The molecule has 3 heterocycles. The van der Waals surface area contributed by atoms with Gasteiger partial charge in [0.05, 0.1) is 23.3 Å². The second kappa shape index (κ2) is 10.7. The third-order valence-corrected chi connectivity index (χ3v) is 9.32. The third-order valence-electron chi connectivity index (χ3n) is 5.98. The maximum Gasteiger partial charge on any atom is 0.234 e. The monoisotopic (exact) mass is 568 g/mol. The number of nitriles is 1. The number of carbonyl (C=O) groups is 2. The molecule has 0 saturated heterocycles. The number of Topliss-reactive ketones (excluding diaryl/α,β-unsaturated/α-hetero) is 1. The Balaban J connectivity index is 1.41. The van der Waals surface area contributed by atoms with Crippen LogP contribution >= 0.6 is 46.0 Å². The van der Waals surface area contributed by atoms with Crippen LogP contribution < -0.4 is 16.0 Å². The van der Waals surface area contributed by atoms with Crippen molar-refractivity contribution >= 4 is 68.5 Å². The molecule has 5 rings (SSSR count). The molecule has 12 heteroatoms. The molecule has 3 aromatic rings. The van der Waals surface area contributed by atoms with E-state index in [2.05, 4.69) is 21.6 Å². The van der Waals surface area contributed by atoms with E-state index in [1.807, 2.05) is 19.1 Å². The first-order valence-corrected chi connectivity index (χ1v) is 14.4. The first kappa shape index (κ1) is 25.5. The van der Waals surface area contributed by atoms with Gasteiger partial charge in [-0.25, -0.2) is 0 Å². The molecule has 1 aliphatic heterocycles. The summed E-state index contributed by atoms with van der Waals surface area (Å²) >= 11 is 10.1. The van der Waals surface area contributed by atoms with E-state index in [-0.39, 0.29) is 23.3 Å². The second-order valence-electron chi connectivity index (χ2n) is 8.46. The van der Waals surface area contributed by atoms with Crippen LogP contribution in [0.25, 0.3) is 0 Å². The van der Waals surface area contributed by atoms with Crippen molar-refractivity contribution in [3.8, 4) is 6.07 Å². The summed E-state index contributed by atoms with van der Waals surface area (Å²) in [6, 6.07) is 13.1. The Morgan fingerprint density at radius 2 is 2.14 bits per heavy atom. The first-order valence-electron chi connectivity index (χ1n) is 11.4. The van der Waals surface area contributed by atoms with Crippen molar-refractivity contribution in [3.05, 3.63) is 73.8 Å². The number of anilines is 2. The van der Waals surface area contributed by atoms with E-state index in [1.54, 1.807) is 40.5 Å². The van der Waals surface area contributed by atoms with Crippen molar-refractivity contribution in [2.45, 2.75) is 36.4 Å². The number of aryl methyl sites for hydroxylation is 1. The van der Waals surface area contributed by atoms with Crippen LogP contribution in [0.1, 0.15) is 34.9 Å². The second-order valence-corrected chi connectivity index (χ2v) is 12.4. The molecule has 0 saturated carbocycles. The van der Waals surface area contributed by atoms with E-state index >= 15 is 0 Å². The van der Waals surface area contributed by atoms with Crippen molar-refractivity contribution in [2.75, 3.05) is 16.0 Å². The molecule has 3 N–H and O–H groups in total. The number of ketones is 1. The van der Waals surface area contributed by atoms with Gasteiger partial charge < -0.3 is 11.1 Å². The first-order chi connectivity index (χ1) is 17.9. The van der Waals surface area contributed by atoms with E-state index in [9.17, 15) is 14.9 Å². The van der Waals surface area contributed by atoms with Gasteiger partial charge in [-0.2, -0.15) is 5.26 Å². The van der Waals surface area contributed by atoms with Crippen LogP contribution in [0, 0.1) is 18.3 Å². The fourth-order valence-electron chi connectivity index (χ4n) is 4.44. The Morgan fingerprint density at radius 1 is 1.30 bits per heavy atom. The average molecular weight is 569 g/mol. The minimum Gasteiger partial charge on any atom is -0.384 e. The summed E-state index contributed by atoms with van der Waals surface area (Å²) < 4.78 is 0.572. The van der Waals surface area contributed by atoms with Gasteiger partial charge in [-0.1, -0.05) is 40.8 Å². The highest BCUT2D eigenvalue weighted by atomic mass is 35.5. The van der Waals surface area contributed by atoms with Crippen LogP contribution in [0.5, 0.6) is 0 Å². The number of aromatic nitrogens is 2. The van der Waals surface area contributed by atoms with E-state index in [4.69, 9.17) is 17.3 Å². The smallest absolute Gasteiger partial charge is 0.234 e. The predicted octanol–water partition coefficient (Wildman–Crippen LogP) is 5.60. The number of thiophene rings is 1. The zero-order valence-electron chi connectivity index (χ0n) is 19.7. The van der Waals surface area contributed by atoms with Crippen molar-refractivity contribution < 1.29 is 9.59 Å². The van der Waals surface area contributed by atoms with Crippen molar-refractivity contribution in [1.29, 1.82) is 5.26 Å². The molecular weight excluding hydrogens is 548 g/mol. The summed E-state index contributed by atoms with van der Waals surface area (Å²) in [5.41, 5.74) is 8.92. The number of carbonyl (C=O) groups excluding carboxylic acids is 2. The molecule has 1 aliphatic carbocycles. The number of hydrogen-bond acceptors (Lipinski definition) is 10. The molecule has 1 atom stereocenters. The number of thioether (sulfide) groups is 1. The molecule has 0 bridgehead atoms. The standard InChI is InChI=1S/C25H21ClN6O2S3/c1-13-8-9-19(36-13)21-16(11-27)23(28)32(17-6-3-7-18(33)22(17)21)24-30-31-25(37-24)35-12-20(34)29-15-5-2-4-14(26)10-15/h2,4-5,8-10,21H,3,6-7,12,28H2,1H3,(H,29,34). The van der Waals surface area contributed by atoms with E-state index in [0.717, 1.165) is 15.5 Å². The van der Waals surface area contributed by atoms with Crippen LogP contribution in [0.2, 0.25) is 5.02 Å². The Kier molecular flexibility index (Phi) is 7.35. The van der Waals surface area contributed by atoms with Gasteiger partial charge in [0.2, 0.25) is 11.0 Å². The van der Waals surface area contributed by atoms with Crippen LogP contribution in [0.15, 0.2) is 63.4 Å². The molecule has 0 radical (unpaired) electrons. The molecule has 2 aliphatic rings. The van der Waals surface area contributed by atoms with Gasteiger partial charge in [-0.05, 0) is 50.1 Å². The molecule has 2 aromatic heterocycles. The fourth-order valence-corrected chi connectivity index (χ4v) is 7.31. The fraction of sp³-hybridized carbons (Fsp3) is 0.240. The van der Waals surface area contributed by atoms with Crippen LogP contribution in [0.3, 0.4) is 0 Å². The number of nitrogens with two attached hydrogens (primary N) is 1. The van der Waals surface area contributed by atoms with E-state index < -0.39 is 5.92 Å². The molecule has 1 unspecified atom stereocenters. The summed E-state index contributed by atoms with van der Waals surface area (Å²) in [7, 11) is 0. The Morgan fingerprint density at radius 3 is 2.86 bits per heavy atom. The summed E-state index contributed by atoms with van der Waals surface area (Å²) in [5.74, 6) is -0.259. The Labute approximate surface area is 230 Å². The summed E-state index contributed by atoms with van der Waals surface area (Å²) in [6.07, 6.45) is 1.78. The zero-order chi connectivity index (χ0) is 26.1. The number of nitrogens with zero attached hydrogens (tertiary/aromatic N) is 4. The molecule has 8 nitrogen and oxygen atoms in total.